The standard InChI is InChI=1S/C14H14N2O3S/c17-13-8-15(9-14-12(13)5-6-20-14)7-10-1-3-11(4-2-10)16(18)19/h1-6,13,17H,7-9H2. The van der Waals surface area contributed by atoms with Gasteiger partial charge in [0.2, 0.25) is 0 Å². The molecule has 0 radical (unpaired) electrons. The fourth-order valence-electron chi connectivity index (χ4n) is 2.49. The van der Waals surface area contributed by atoms with Crippen LogP contribution in [0.5, 0.6) is 0 Å². The van der Waals surface area contributed by atoms with Crippen molar-refractivity contribution in [1.82, 2.24) is 4.90 Å². The third-order valence-electron chi connectivity index (χ3n) is 3.49. The van der Waals surface area contributed by atoms with Gasteiger partial charge in [0.1, 0.15) is 0 Å². The van der Waals surface area contributed by atoms with Gasteiger partial charge < -0.3 is 5.11 Å². The van der Waals surface area contributed by atoms with E-state index in [0.717, 1.165) is 17.7 Å². The summed E-state index contributed by atoms with van der Waals surface area (Å²) in [4.78, 5) is 13.6. The monoisotopic (exact) mass is 290 g/mol. The number of benzene rings is 1. The lowest BCUT2D eigenvalue weighted by Crippen LogP contribution is -2.32. The Morgan fingerprint density at radius 1 is 1.35 bits per heavy atom. The van der Waals surface area contributed by atoms with Crippen molar-refractivity contribution in [1.29, 1.82) is 0 Å². The summed E-state index contributed by atoms with van der Waals surface area (Å²) in [6.07, 6.45) is -0.442. The first-order valence-electron chi connectivity index (χ1n) is 6.33. The highest BCUT2D eigenvalue weighted by molar-refractivity contribution is 7.10. The molecule has 2 heterocycles. The Balaban J connectivity index is 1.71. The predicted molar refractivity (Wildman–Crippen MR) is 76.5 cm³/mol. The van der Waals surface area contributed by atoms with Crippen LogP contribution >= 0.6 is 11.3 Å². The third kappa shape index (κ3) is 2.58. The van der Waals surface area contributed by atoms with Crippen LogP contribution in [0.15, 0.2) is 35.7 Å². The van der Waals surface area contributed by atoms with Crippen LogP contribution in [0.3, 0.4) is 0 Å². The Morgan fingerprint density at radius 3 is 2.80 bits per heavy atom. The summed E-state index contributed by atoms with van der Waals surface area (Å²) in [6, 6.07) is 8.56. The van der Waals surface area contributed by atoms with Crippen LogP contribution in [-0.4, -0.2) is 21.5 Å². The smallest absolute Gasteiger partial charge is 0.269 e. The van der Waals surface area contributed by atoms with E-state index in [2.05, 4.69) is 4.90 Å². The van der Waals surface area contributed by atoms with Crippen LogP contribution < -0.4 is 0 Å². The number of thiophene rings is 1. The molecule has 0 aliphatic carbocycles. The van der Waals surface area contributed by atoms with Crippen molar-refractivity contribution in [3.05, 3.63) is 61.8 Å². The van der Waals surface area contributed by atoms with Crippen molar-refractivity contribution in [2.75, 3.05) is 6.54 Å². The summed E-state index contributed by atoms with van der Waals surface area (Å²) in [7, 11) is 0. The molecule has 1 aliphatic rings. The van der Waals surface area contributed by atoms with Crippen LogP contribution in [0.4, 0.5) is 5.69 Å². The van der Waals surface area contributed by atoms with Crippen LogP contribution in [0.25, 0.3) is 0 Å². The molecule has 1 N–H and O–H groups in total. The van der Waals surface area contributed by atoms with Gasteiger partial charge in [0.15, 0.2) is 0 Å². The van der Waals surface area contributed by atoms with E-state index in [1.54, 1.807) is 23.5 Å². The maximum absolute atomic E-state index is 10.6. The first kappa shape index (κ1) is 13.2. The lowest BCUT2D eigenvalue weighted by molar-refractivity contribution is -0.384. The van der Waals surface area contributed by atoms with Crippen molar-refractivity contribution < 1.29 is 10.0 Å². The molecule has 0 saturated carbocycles. The molecule has 3 rings (SSSR count). The van der Waals surface area contributed by atoms with Crippen LogP contribution in [0.1, 0.15) is 22.1 Å². The highest BCUT2D eigenvalue weighted by atomic mass is 32.1. The fourth-order valence-corrected chi connectivity index (χ4v) is 3.46. The van der Waals surface area contributed by atoms with Gasteiger partial charge in [-0.25, -0.2) is 0 Å². The number of nitro benzene ring substituents is 1. The number of aliphatic hydroxyl groups is 1. The minimum atomic E-state index is -0.442. The normalized spacial score (nSPS) is 18.8. The van der Waals surface area contributed by atoms with Crippen molar-refractivity contribution in [2.45, 2.75) is 19.2 Å². The average molecular weight is 290 g/mol. The Bertz CT molecular complexity index is 624. The van der Waals surface area contributed by atoms with E-state index in [4.69, 9.17) is 0 Å². The molecule has 0 fully saturated rings. The molecular weight excluding hydrogens is 276 g/mol. The number of non-ortho nitro benzene ring substituents is 1. The maximum Gasteiger partial charge on any atom is 0.269 e. The maximum atomic E-state index is 10.6. The minimum absolute atomic E-state index is 0.105. The third-order valence-corrected chi connectivity index (χ3v) is 4.41. The van der Waals surface area contributed by atoms with Gasteiger partial charge in [-0.2, -0.15) is 0 Å². The summed E-state index contributed by atoms with van der Waals surface area (Å²) >= 11 is 1.66. The van der Waals surface area contributed by atoms with E-state index in [-0.39, 0.29) is 5.69 Å². The van der Waals surface area contributed by atoms with Gasteiger partial charge in [-0.3, -0.25) is 15.0 Å². The molecule has 1 aromatic heterocycles. The number of nitrogens with zero attached hydrogens (tertiary/aromatic N) is 2. The van der Waals surface area contributed by atoms with Gasteiger partial charge >= 0.3 is 0 Å². The molecule has 2 aromatic rings. The molecule has 1 aromatic carbocycles. The fraction of sp³-hybridized carbons (Fsp3) is 0.286. The molecule has 6 heteroatoms. The highest BCUT2D eigenvalue weighted by Gasteiger charge is 2.24. The van der Waals surface area contributed by atoms with Gasteiger partial charge in [0.05, 0.1) is 11.0 Å². The number of hydrogen-bond acceptors (Lipinski definition) is 5. The minimum Gasteiger partial charge on any atom is -0.387 e. The van der Waals surface area contributed by atoms with Gasteiger partial charge in [-0.1, -0.05) is 12.1 Å². The molecule has 0 spiro atoms. The zero-order valence-electron chi connectivity index (χ0n) is 10.7. The molecule has 104 valence electrons. The van der Waals surface area contributed by atoms with Crippen LogP contribution in [0.2, 0.25) is 0 Å². The van der Waals surface area contributed by atoms with Crippen molar-refractivity contribution in [3.8, 4) is 0 Å². The number of fused-ring (bicyclic) bond motifs is 1. The zero-order valence-corrected chi connectivity index (χ0v) is 11.5. The second-order valence-corrected chi connectivity index (χ2v) is 5.91. The molecule has 1 aliphatic heterocycles. The summed E-state index contributed by atoms with van der Waals surface area (Å²) in [5.41, 5.74) is 2.16. The molecule has 0 bridgehead atoms. The molecule has 1 unspecified atom stereocenters. The number of β-amino-alcohol motifs (C(OH)–C–C–N with tert-alkyl or cyclic N) is 1. The van der Waals surface area contributed by atoms with Gasteiger partial charge in [0, 0.05) is 36.6 Å². The Morgan fingerprint density at radius 2 is 2.10 bits per heavy atom. The van der Waals surface area contributed by atoms with E-state index < -0.39 is 11.0 Å². The number of rotatable bonds is 3. The van der Waals surface area contributed by atoms with Crippen molar-refractivity contribution in [2.24, 2.45) is 0 Å². The lowest BCUT2D eigenvalue weighted by Gasteiger charge is -2.30. The van der Waals surface area contributed by atoms with Gasteiger partial charge in [0.25, 0.3) is 5.69 Å². The van der Waals surface area contributed by atoms with E-state index >= 15 is 0 Å². The van der Waals surface area contributed by atoms with Crippen molar-refractivity contribution >= 4 is 17.0 Å². The largest absolute Gasteiger partial charge is 0.387 e. The topological polar surface area (TPSA) is 66.6 Å². The zero-order chi connectivity index (χ0) is 14.1. The molecule has 5 nitrogen and oxygen atoms in total. The molecule has 20 heavy (non-hydrogen) atoms. The quantitative estimate of drug-likeness (QED) is 0.697. The second kappa shape index (κ2) is 5.32. The van der Waals surface area contributed by atoms with E-state index in [1.165, 1.54) is 17.0 Å². The van der Waals surface area contributed by atoms with Crippen LogP contribution in [0, 0.1) is 10.1 Å². The van der Waals surface area contributed by atoms with E-state index in [0.29, 0.717) is 13.1 Å². The SMILES string of the molecule is O=[N+]([O-])c1ccc(CN2Cc3sccc3C(O)C2)cc1. The van der Waals surface area contributed by atoms with Crippen LogP contribution in [-0.2, 0) is 13.1 Å². The summed E-state index contributed by atoms with van der Waals surface area (Å²) < 4.78 is 0. The van der Waals surface area contributed by atoms with E-state index in [9.17, 15) is 15.2 Å². The average Bonchev–Trinajstić information content (AvgIpc) is 2.88. The van der Waals surface area contributed by atoms with E-state index in [1.807, 2.05) is 11.4 Å². The van der Waals surface area contributed by atoms with Crippen molar-refractivity contribution in [3.63, 3.8) is 0 Å². The molecular formula is C14H14N2O3S. The lowest BCUT2D eigenvalue weighted by atomic mass is 10.0. The molecule has 0 amide bonds. The Labute approximate surface area is 120 Å². The first-order valence-corrected chi connectivity index (χ1v) is 7.21. The number of nitro groups is 1. The first-order chi connectivity index (χ1) is 9.63. The summed E-state index contributed by atoms with van der Waals surface area (Å²) in [5.74, 6) is 0. The second-order valence-electron chi connectivity index (χ2n) is 4.91. The Hall–Kier alpha value is -1.76. The predicted octanol–water partition coefficient (Wildman–Crippen LogP) is 2.71. The number of hydrogen-bond donors (Lipinski definition) is 1. The number of aliphatic hydroxyl groups excluding tert-OH is 1. The highest BCUT2D eigenvalue weighted by Crippen LogP contribution is 2.31. The summed E-state index contributed by atoms with van der Waals surface area (Å²) in [5, 5.41) is 22.7. The van der Waals surface area contributed by atoms with Gasteiger partial charge in [-0.05, 0) is 22.6 Å². The Kier molecular flexibility index (Phi) is 3.52. The molecule has 1 atom stereocenters. The molecule has 0 saturated heterocycles. The van der Waals surface area contributed by atoms with Gasteiger partial charge in [-0.15, -0.1) is 11.3 Å². The summed E-state index contributed by atoms with van der Waals surface area (Å²) in [6.45, 7) is 2.11.